The number of nitrogens with zero attached hydrogens (tertiary/aromatic N) is 2. The fraction of sp³-hybridized carbons (Fsp3) is 0.348. The lowest BCUT2D eigenvalue weighted by atomic mass is 10.1. The Kier molecular flexibility index (Phi) is 5.51. The van der Waals surface area contributed by atoms with E-state index in [2.05, 4.69) is 10.4 Å². The number of nitrogens with one attached hydrogen (secondary N) is 1. The summed E-state index contributed by atoms with van der Waals surface area (Å²) >= 11 is 0. The molecule has 0 atom stereocenters. The minimum Gasteiger partial charge on any atom is -0.350 e. The summed E-state index contributed by atoms with van der Waals surface area (Å²) in [4.78, 5) is 25.2. The van der Waals surface area contributed by atoms with Crippen LogP contribution in [0.4, 0.5) is 0 Å². The van der Waals surface area contributed by atoms with Gasteiger partial charge in [0.25, 0.3) is 5.56 Å². The van der Waals surface area contributed by atoms with Crippen LogP contribution in [0.3, 0.4) is 0 Å². The van der Waals surface area contributed by atoms with Gasteiger partial charge in [-0.05, 0) is 30.9 Å². The Balaban J connectivity index is 1.52. The van der Waals surface area contributed by atoms with E-state index in [0.717, 1.165) is 42.3 Å². The molecule has 3 aromatic rings. The average Bonchev–Trinajstić information content (AvgIpc) is 3.27. The molecule has 0 spiro atoms. The second kappa shape index (κ2) is 8.38. The summed E-state index contributed by atoms with van der Waals surface area (Å²) < 4.78 is 1.65. The number of benzene rings is 2. The standard InChI is InChI=1S/C23H25N3O2/c27-22(15-14-17-8-2-1-3-9-17)24-16-21-19-12-6-7-13-20(19)23(28)26(25-21)18-10-4-5-11-18/h1-3,6-9,12-13,18H,4-5,10-11,14-16H2,(H,24,27). The molecule has 2 aromatic carbocycles. The fourth-order valence-corrected chi connectivity index (χ4v) is 3.97. The van der Waals surface area contributed by atoms with Crippen LogP contribution < -0.4 is 10.9 Å². The van der Waals surface area contributed by atoms with Gasteiger partial charge in [-0.15, -0.1) is 0 Å². The number of rotatable bonds is 6. The molecule has 1 saturated carbocycles. The summed E-state index contributed by atoms with van der Waals surface area (Å²) in [6, 6.07) is 17.7. The number of hydrogen-bond donors (Lipinski definition) is 1. The van der Waals surface area contributed by atoms with Crippen molar-refractivity contribution >= 4 is 16.7 Å². The Morgan fingerprint density at radius 1 is 1.00 bits per heavy atom. The van der Waals surface area contributed by atoms with Gasteiger partial charge in [-0.3, -0.25) is 9.59 Å². The molecule has 5 heteroatoms. The van der Waals surface area contributed by atoms with Gasteiger partial charge in [0.15, 0.2) is 0 Å². The molecule has 144 valence electrons. The molecule has 1 fully saturated rings. The second-order valence-electron chi connectivity index (χ2n) is 7.44. The van der Waals surface area contributed by atoms with Crippen LogP contribution in [-0.4, -0.2) is 15.7 Å². The quantitative estimate of drug-likeness (QED) is 0.713. The molecule has 0 saturated heterocycles. The van der Waals surface area contributed by atoms with E-state index in [1.807, 2.05) is 54.6 Å². The van der Waals surface area contributed by atoms with Crippen molar-refractivity contribution in [2.75, 3.05) is 0 Å². The van der Waals surface area contributed by atoms with Crippen molar-refractivity contribution in [1.82, 2.24) is 15.1 Å². The van der Waals surface area contributed by atoms with Crippen molar-refractivity contribution in [1.29, 1.82) is 0 Å². The summed E-state index contributed by atoms with van der Waals surface area (Å²) in [5.74, 6) is -0.00616. The van der Waals surface area contributed by atoms with E-state index < -0.39 is 0 Å². The topological polar surface area (TPSA) is 64.0 Å². The van der Waals surface area contributed by atoms with Crippen LogP contribution >= 0.6 is 0 Å². The molecule has 1 heterocycles. The first kappa shape index (κ1) is 18.4. The van der Waals surface area contributed by atoms with Crippen molar-refractivity contribution in [3.05, 3.63) is 76.2 Å². The van der Waals surface area contributed by atoms with Crippen LogP contribution in [0.1, 0.15) is 49.4 Å². The monoisotopic (exact) mass is 375 g/mol. The van der Waals surface area contributed by atoms with Gasteiger partial charge in [0, 0.05) is 11.8 Å². The van der Waals surface area contributed by atoms with Crippen LogP contribution in [0.2, 0.25) is 0 Å². The van der Waals surface area contributed by atoms with Gasteiger partial charge in [-0.2, -0.15) is 5.10 Å². The molecule has 1 amide bonds. The molecular weight excluding hydrogens is 350 g/mol. The van der Waals surface area contributed by atoms with Crippen LogP contribution in [0.15, 0.2) is 59.4 Å². The van der Waals surface area contributed by atoms with Crippen LogP contribution in [0, 0.1) is 0 Å². The van der Waals surface area contributed by atoms with E-state index >= 15 is 0 Å². The number of carbonyl (C=O) groups is 1. The second-order valence-corrected chi connectivity index (χ2v) is 7.44. The minimum atomic E-state index is -0.0262. The smallest absolute Gasteiger partial charge is 0.274 e. The van der Waals surface area contributed by atoms with Gasteiger partial charge in [-0.25, -0.2) is 4.68 Å². The maximum Gasteiger partial charge on any atom is 0.274 e. The molecule has 4 rings (SSSR count). The van der Waals surface area contributed by atoms with E-state index in [9.17, 15) is 9.59 Å². The molecule has 1 aromatic heterocycles. The lowest BCUT2D eigenvalue weighted by molar-refractivity contribution is -0.121. The molecular formula is C23H25N3O2. The summed E-state index contributed by atoms with van der Waals surface area (Å²) in [5, 5.41) is 9.15. The number of aryl methyl sites for hydroxylation is 1. The third-order valence-electron chi connectivity index (χ3n) is 5.51. The van der Waals surface area contributed by atoms with Crippen molar-refractivity contribution in [3.63, 3.8) is 0 Å². The zero-order valence-electron chi connectivity index (χ0n) is 15.9. The Hall–Kier alpha value is -2.95. The highest BCUT2D eigenvalue weighted by atomic mass is 16.1. The lowest BCUT2D eigenvalue weighted by Crippen LogP contribution is -2.30. The van der Waals surface area contributed by atoms with E-state index in [-0.39, 0.29) is 17.5 Å². The molecule has 0 unspecified atom stereocenters. The Morgan fingerprint density at radius 3 is 2.43 bits per heavy atom. The van der Waals surface area contributed by atoms with Crippen LogP contribution in [0.5, 0.6) is 0 Å². The Labute approximate surface area is 164 Å². The van der Waals surface area contributed by atoms with Gasteiger partial charge in [0.05, 0.1) is 23.7 Å². The summed E-state index contributed by atoms with van der Waals surface area (Å²) in [7, 11) is 0. The van der Waals surface area contributed by atoms with Gasteiger partial charge >= 0.3 is 0 Å². The predicted octanol–water partition coefficient (Wildman–Crippen LogP) is 3.76. The van der Waals surface area contributed by atoms with Gasteiger partial charge in [-0.1, -0.05) is 61.4 Å². The third-order valence-corrected chi connectivity index (χ3v) is 5.51. The number of fused-ring (bicyclic) bond motifs is 1. The number of aromatic nitrogens is 2. The van der Waals surface area contributed by atoms with Crippen molar-refractivity contribution in [2.24, 2.45) is 0 Å². The highest BCUT2D eigenvalue weighted by Gasteiger charge is 2.21. The first-order valence-corrected chi connectivity index (χ1v) is 10.0. The van der Waals surface area contributed by atoms with Gasteiger partial charge in [0.1, 0.15) is 0 Å². The zero-order chi connectivity index (χ0) is 19.3. The van der Waals surface area contributed by atoms with E-state index in [1.165, 1.54) is 0 Å². The SMILES string of the molecule is O=C(CCc1ccccc1)NCc1nn(C2CCCC2)c(=O)c2ccccc12. The first-order valence-electron chi connectivity index (χ1n) is 10.0. The molecule has 1 aliphatic carbocycles. The van der Waals surface area contributed by atoms with Crippen molar-refractivity contribution in [3.8, 4) is 0 Å². The van der Waals surface area contributed by atoms with Crippen molar-refractivity contribution < 1.29 is 4.79 Å². The first-order chi connectivity index (χ1) is 13.7. The molecule has 28 heavy (non-hydrogen) atoms. The molecule has 0 aliphatic heterocycles. The van der Waals surface area contributed by atoms with Gasteiger partial charge < -0.3 is 5.32 Å². The third kappa shape index (κ3) is 3.98. The Morgan fingerprint density at radius 2 is 1.68 bits per heavy atom. The highest BCUT2D eigenvalue weighted by molar-refractivity contribution is 5.84. The summed E-state index contributed by atoms with van der Waals surface area (Å²) in [5.41, 5.74) is 1.88. The molecule has 0 radical (unpaired) electrons. The van der Waals surface area contributed by atoms with E-state index in [4.69, 9.17) is 0 Å². The van der Waals surface area contributed by atoms with E-state index in [0.29, 0.717) is 24.8 Å². The highest BCUT2D eigenvalue weighted by Crippen LogP contribution is 2.28. The maximum absolute atomic E-state index is 12.9. The fourth-order valence-electron chi connectivity index (χ4n) is 3.97. The Bertz CT molecular complexity index is 1020. The number of amides is 1. The molecule has 1 aliphatic rings. The maximum atomic E-state index is 12.9. The largest absolute Gasteiger partial charge is 0.350 e. The predicted molar refractivity (Wildman–Crippen MR) is 110 cm³/mol. The summed E-state index contributed by atoms with van der Waals surface area (Å²) in [6.45, 7) is 0.334. The number of carbonyl (C=O) groups excluding carboxylic acids is 1. The molecule has 1 N–H and O–H groups in total. The van der Waals surface area contributed by atoms with Crippen LogP contribution in [-0.2, 0) is 17.8 Å². The van der Waals surface area contributed by atoms with E-state index in [1.54, 1.807) is 4.68 Å². The zero-order valence-corrected chi connectivity index (χ0v) is 15.9. The number of hydrogen-bond acceptors (Lipinski definition) is 3. The lowest BCUT2D eigenvalue weighted by Gasteiger charge is -2.16. The van der Waals surface area contributed by atoms with Crippen molar-refractivity contribution in [2.45, 2.75) is 51.1 Å². The molecule has 5 nitrogen and oxygen atoms in total. The normalized spacial score (nSPS) is 14.4. The van der Waals surface area contributed by atoms with Gasteiger partial charge in [0.2, 0.25) is 5.91 Å². The minimum absolute atomic E-state index is 0.00616. The molecule has 0 bridgehead atoms. The average molecular weight is 375 g/mol. The summed E-state index contributed by atoms with van der Waals surface area (Å²) in [6.07, 6.45) is 5.41. The van der Waals surface area contributed by atoms with Crippen LogP contribution in [0.25, 0.3) is 10.8 Å².